The standard InChI is InChI=1S/C17H14F5NO/c1-24-11-7-8-13-12(9-11)14(17(20,21)22)16(18,19)15(23-13)10-5-3-2-4-6-10/h2-9,14-15,23H,1H3/t14-,15-/m1/s1. The molecule has 0 saturated carbocycles. The first-order valence-corrected chi connectivity index (χ1v) is 7.19. The van der Waals surface area contributed by atoms with Crippen molar-refractivity contribution in [3.05, 3.63) is 59.7 Å². The van der Waals surface area contributed by atoms with Crippen LogP contribution >= 0.6 is 0 Å². The van der Waals surface area contributed by atoms with Gasteiger partial charge in [0, 0.05) is 5.69 Å². The zero-order valence-corrected chi connectivity index (χ0v) is 12.6. The second-order valence-electron chi connectivity index (χ2n) is 5.59. The molecule has 2 aromatic carbocycles. The van der Waals surface area contributed by atoms with Crippen LogP contribution in [0.1, 0.15) is 23.1 Å². The zero-order chi connectivity index (χ0) is 17.5. The summed E-state index contributed by atoms with van der Waals surface area (Å²) in [6, 6.07) is 9.41. The second kappa shape index (κ2) is 5.65. The Balaban J connectivity index is 2.18. The number of methoxy groups -OCH3 is 1. The lowest BCUT2D eigenvalue weighted by Gasteiger charge is -2.41. The van der Waals surface area contributed by atoms with E-state index in [1.165, 1.54) is 43.5 Å². The van der Waals surface area contributed by atoms with Crippen LogP contribution in [0.4, 0.5) is 27.6 Å². The van der Waals surface area contributed by atoms with Crippen molar-refractivity contribution in [2.45, 2.75) is 24.1 Å². The number of nitrogens with one attached hydrogen (secondary N) is 1. The fraction of sp³-hybridized carbons (Fsp3) is 0.294. The Bertz CT molecular complexity index is 730. The minimum Gasteiger partial charge on any atom is -0.497 e. The molecule has 0 spiro atoms. The van der Waals surface area contributed by atoms with Gasteiger partial charge in [0.25, 0.3) is 5.92 Å². The van der Waals surface area contributed by atoms with Gasteiger partial charge in [-0.15, -0.1) is 0 Å². The maximum absolute atomic E-state index is 14.8. The van der Waals surface area contributed by atoms with Crippen molar-refractivity contribution >= 4 is 5.69 Å². The van der Waals surface area contributed by atoms with Gasteiger partial charge >= 0.3 is 6.18 Å². The number of ether oxygens (including phenoxy) is 1. The van der Waals surface area contributed by atoms with Gasteiger partial charge in [0.05, 0.1) is 7.11 Å². The number of alkyl halides is 5. The van der Waals surface area contributed by atoms with Crippen molar-refractivity contribution in [3.63, 3.8) is 0 Å². The van der Waals surface area contributed by atoms with Gasteiger partial charge in [-0.05, 0) is 29.3 Å². The van der Waals surface area contributed by atoms with Crippen LogP contribution < -0.4 is 10.1 Å². The van der Waals surface area contributed by atoms with E-state index in [1.54, 1.807) is 6.07 Å². The van der Waals surface area contributed by atoms with Gasteiger partial charge in [0.15, 0.2) is 0 Å². The third kappa shape index (κ3) is 2.68. The average Bonchev–Trinajstić information content (AvgIpc) is 2.52. The second-order valence-corrected chi connectivity index (χ2v) is 5.59. The molecule has 0 saturated heterocycles. The Hall–Kier alpha value is -2.31. The molecule has 0 aliphatic carbocycles. The van der Waals surface area contributed by atoms with Crippen LogP contribution in [0.3, 0.4) is 0 Å². The van der Waals surface area contributed by atoms with Crippen molar-refractivity contribution in [1.29, 1.82) is 0 Å². The Morgan fingerprint density at radius 1 is 1.04 bits per heavy atom. The van der Waals surface area contributed by atoms with E-state index in [4.69, 9.17) is 4.74 Å². The number of anilines is 1. The fourth-order valence-corrected chi connectivity index (χ4v) is 3.01. The first-order chi connectivity index (χ1) is 11.2. The normalized spacial score (nSPS) is 22.4. The monoisotopic (exact) mass is 343 g/mol. The van der Waals surface area contributed by atoms with Crippen molar-refractivity contribution in [2.24, 2.45) is 0 Å². The predicted molar refractivity (Wildman–Crippen MR) is 79.5 cm³/mol. The number of hydrogen-bond donors (Lipinski definition) is 1. The highest BCUT2D eigenvalue weighted by atomic mass is 19.4. The molecule has 1 N–H and O–H groups in total. The fourth-order valence-electron chi connectivity index (χ4n) is 3.01. The van der Waals surface area contributed by atoms with Crippen LogP contribution in [0.25, 0.3) is 0 Å². The Labute approximate surface area is 135 Å². The predicted octanol–water partition coefficient (Wildman–Crippen LogP) is 5.14. The van der Waals surface area contributed by atoms with E-state index in [2.05, 4.69) is 5.32 Å². The summed E-state index contributed by atoms with van der Waals surface area (Å²) in [5.74, 6) is -6.88. The Morgan fingerprint density at radius 3 is 2.29 bits per heavy atom. The summed E-state index contributed by atoms with van der Waals surface area (Å²) >= 11 is 0. The van der Waals surface area contributed by atoms with Crippen LogP contribution in [-0.4, -0.2) is 19.2 Å². The molecule has 3 rings (SSSR count). The highest BCUT2D eigenvalue weighted by Crippen LogP contribution is 2.57. The average molecular weight is 343 g/mol. The molecule has 0 radical (unpaired) electrons. The molecular weight excluding hydrogens is 329 g/mol. The highest BCUT2D eigenvalue weighted by Gasteiger charge is 2.63. The smallest absolute Gasteiger partial charge is 0.401 e. The largest absolute Gasteiger partial charge is 0.497 e. The molecule has 128 valence electrons. The summed E-state index contributed by atoms with van der Waals surface area (Å²) in [6.45, 7) is 0. The summed E-state index contributed by atoms with van der Waals surface area (Å²) in [5.41, 5.74) is -0.393. The lowest BCUT2D eigenvalue weighted by Crippen LogP contribution is -2.47. The van der Waals surface area contributed by atoms with Crippen LogP contribution in [0.15, 0.2) is 48.5 Å². The zero-order valence-electron chi connectivity index (χ0n) is 12.6. The lowest BCUT2D eigenvalue weighted by atomic mass is 9.80. The minimum atomic E-state index is -5.10. The van der Waals surface area contributed by atoms with E-state index < -0.39 is 29.6 Å². The van der Waals surface area contributed by atoms with Gasteiger partial charge in [0.1, 0.15) is 17.7 Å². The molecule has 0 amide bonds. The third-order valence-corrected chi connectivity index (χ3v) is 4.10. The van der Waals surface area contributed by atoms with Gasteiger partial charge in [-0.2, -0.15) is 13.2 Å². The van der Waals surface area contributed by atoms with Gasteiger partial charge in [-0.1, -0.05) is 30.3 Å². The number of fused-ring (bicyclic) bond motifs is 1. The number of halogens is 5. The molecule has 0 bridgehead atoms. The SMILES string of the molecule is COc1ccc2c(c1)[C@@H](C(F)(F)F)C(F)(F)[C@@H](c1ccccc1)N2. The molecule has 2 aromatic rings. The summed E-state index contributed by atoms with van der Waals surface area (Å²) in [6.07, 6.45) is -5.10. The molecule has 24 heavy (non-hydrogen) atoms. The van der Waals surface area contributed by atoms with Crippen LogP contribution in [0.5, 0.6) is 5.75 Å². The Morgan fingerprint density at radius 2 is 1.71 bits per heavy atom. The van der Waals surface area contributed by atoms with Gasteiger partial charge in [-0.25, -0.2) is 8.78 Å². The van der Waals surface area contributed by atoms with Crippen molar-refractivity contribution in [1.82, 2.24) is 0 Å². The number of rotatable bonds is 2. The van der Waals surface area contributed by atoms with E-state index in [-0.39, 0.29) is 17.0 Å². The molecule has 2 atom stereocenters. The molecule has 7 heteroatoms. The van der Waals surface area contributed by atoms with E-state index in [0.29, 0.717) is 0 Å². The summed E-state index contributed by atoms with van der Waals surface area (Å²) in [4.78, 5) is 0. The topological polar surface area (TPSA) is 21.3 Å². The van der Waals surface area contributed by atoms with Crippen LogP contribution in [-0.2, 0) is 0 Å². The first kappa shape index (κ1) is 16.5. The quantitative estimate of drug-likeness (QED) is 0.762. The molecule has 2 nitrogen and oxygen atoms in total. The summed E-state index contributed by atoms with van der Waals surface area (Å²) < 4.78 is 75.0. The van der Waals surface area contributed by atoms with Gasteiger partial charge < -0.3 is 10.1 Å². The van der Waals surface area contributed by atoms with Crippen LogP contribution in [0, 0.1) is 0 Å². The minimum absolute atomic E-state index is 0.0258. The van der Waals surface area contributed by atoms with Gasteiger partial charge in [-0.3, -0.25) is 0 Å². The number of hydrogen-bond acceptors (Lipinski definition) is 2. The first-order valence-electron chi connectivity index (χ1n) is 7.19. The maximum atomic E-state index is 14.8. The third-order valence-electron chi connectivity index (χ3n) is 4.10. The molecular formula is C17H14F5NO. The molecule has 1 aliphatic rings. The molecule has 0 unspecified atom stereocenters. The van der Waals surface area contributed by atoms with Gasteiger partial charge in [0.2, 0.25) is 0 Å². The van der Waals surface area contributed by atoms with Crippen molar-refractivity contribution < 1.29 is 26.7 Å². The molecule has 1 heterocycles. The Kier molecular flexibility index (Phi) is 3.89. The number of benzene rings is 2. The van der Waals surface area contributed by atoms with Crippen molar-refractivity contribution in [3.8, 4) is 5.75 Å². The van der Waals surface area contributed by atoms with Crippen molar-refractivity contribution in [2.75, 3.05) is 12.4 Å². The summed E-state index contributed by atoms with van der Waals surface area (Å²) in [7, 11) is 1.27. The van der Waals surface area contributed by atoms with E-state index in [0.717, 1.165) is 6.07 Å². The van der Waals surface area contributed by atoms with E-state index in [9.17, 15) is 22.0 Å². The molecule has 1 aliphatic heterocycles. The summed E-state index contributed by atoms with van der Waals surface area (Å²) in [5, 5.41) is 2.55. The molecule has 0 fully saturated rings. The van der Waals surface area contributed by atoms with E-state index in [1.807, 2.05) is 0 Å². The maximum Gasteiger partial charge on any atom is 0.401 e. The highest BCUT2D eigenvalue weighted by molar-refractivity contribution is 5.61. The van der Waals surface area contributed by atoms with Crippen LogP contribution in [0.2, 0.25) is 0 Å². The lowest BCUT2D eigenvalue weighted by molar-refractivity contribution is -0.215. The van der Waals surface area contributed by atoms with E-state index >= 15 is 0 Å². The molecule has 0 aromatic heterocycles.